The number of rotatable bonds is 4. The van der Waals surface area contributed by atoms with Gasteiger partial charge in [-0.05, 0) is 51.5 Å². The first-order valence-electron chi connectivity index (χ1n) is 11.9. The minimum absolute atomic E-state index is 0.108. The summed E-state index contributed by atoms with van der Waals surface area (Å²) in [4.78, 5) is 17.7. The predicted molar refractivity (Wildman–Crippen MR) is 122 cm³/mol. The van der Waals surface area contributed by atoms with Crippen LogP contribution in [-0.2, 0) is 0 Å². The van der Waals surface area contributed by atoms with Gasteiger partial charge in [0.1, 0.15) is 4.83 Å². The number of nitrogens with one attached hydrogen (secondary N) is 2. The van der Waals surface area contributed by atoms with Crippen LogP contribution in [0, 0.1) is 6.92 Å². The van der Waals surface area contributed by atoms with Gasteiger partial charge in [-0.3, -0.25) is 14.4 Å². The molecule has 2 aromatic heterocycles. The smallest absolute Gasteiger partial charge is 0.261 e. The van der Waals surface area contributed by atoms with Gasteiger partial charge < -0.3 is 10.6 Å². The van der Waals surface area contributed by atoms with E-state index < -0.39 is 0 Å². The average molecular weight is 430 g/mol. The van der Waals surface area contributed by atoms with Gasteiger partial charge in [-0.1, -0.05) is 19.3 Å². The van der Waals surface area contributed by atoms with Crippen molar-refractivity contribution in [2.45, 2.75) is 82.8 Å². The lowest BCUT2D eigenvalue weighted by atomic mass is 9.90. The van der Waals surface area contributed by atoms with Crippen molar-refractivity contribution in [3.63, 3.8) is 0 Å². The fourth-order valence-electron chi connectivity index (χ4n) is 5.65. The van der Waals surface area contributed by atoms with Crippen LogP contribution in [0.4, 0.5) is 0 Å². The van der Waals surface area contributed by atoms with Gasteiger partial charge in [0.25, 0.3) is 5.91 Å². The quantitative estimate of drug-likeness (QED) is 0.775. The lowest BCUT2D eigenvalue weighted by Crippen LogP contribution is -2.50. The molecule has 164 valence electrons. The minimum Gasteiger partial charge on any atom is -0.349 e. The number of hydrogen-bond donors (Lipinski definition) is 2. The van der Waals surface area contributed by atoms with Gasteiger partial charge in [0.15, 0.2) is 0 Å². The Hall–Kier alpha value is -1.44. The maximum atomic E-state index is 13.0. The molecule has 0 unspecified atom stereocenters. The second kappa shape index (κ2) is 8.97. The van der Waals surface area contributed by atoms with E-state index >= 15 is 0 Å². The Kier molecular flexibility index (Phi) is 6.12. The first-order chi connectivity index (χ1) is 14.7. The van der Waals surface area contributed by atoms with Crippen LogP contribution in [0.1, 0.15) is 79.2 Å². The topological polar surface area (TPSA) is 62.2 Å². The second-order valence-electron chi connectivity index (χ2n) is 9.42. The van der Waals surface area contributed by atoms with Gasteiger partial charge in [-0.2, -0.15) is 5.10 Å². The molecule has 0 aromatic carbocycles. The Labute approximate surface area is 183 Å². The molecule has 1 aliphatic heterocycles. The highest BCUT2D eigenvalue weighted by Gasteiger charge is 2.28. The lowest BCUT2D eigenvalue weighted by molar-refractivity contribution is 0.0898. The Morgan fingerprint density at radius 1 is 1.07 bits per heavy atom. The fraction of sp³-hybridized carbons (Fsp3) is 0.739. The van der Waals surface area contributed by atoms with E-state index in [0.29, 0.717) is 18.1 Å². The second-order valence-corrected chi connectivity index (χ2v) is 10.4. The normalized spacial score (nSPS) is 26.8. The summed E-state index contributed by atoms with van der Waals surface area (Å²) in [5.74, 6) is 0.108. The maximum Gasteiger partial charge on any atom is 0.261 e. The van der Waals surface area contributed by atoms with Crippen LogP contribution >= 0.6 is 11.3 Å². The molecule has 0 atom stereocenters. The van der Waals surface area contributed by atoms with Crippen molar-refractivity contribution in [1.29, 1.82) is 0 Å². The molecule has 2 saturated carbocycles. The molecule has 5 rings (SSSR count). The van der Waals surface area contributed by atoms with Crippen LogP contribution in [0.3, 0.4) is 0 Å². The summed E-state index contributed by atoms with van der Waals surface area (Å²) in [5, 5.41) is 12.8. The van der Waals surface area contributed by atoms with Crippen molar-refractivity contribution in [2.24, 2.45) is 0 Å². The summed E-state index contributed by atoms with van der Waals surface area (Å²) in [5.41, 5.74) is 1.06. The van der Waals surface area contributed by atoms with Crippen molar-refractivity contribution >= 4 is 27.5 Å². The average Bonchev–Trinajstić information content (AvgIpc) is 3.36. The number of thiophene rings is 1. The van der Waals surface area contributed by atoms with Gasteiger partial charge in [0.05, 0.1) is 16.6 Å². The summed E-state index contributed by atoms with van der Waals surface area (Å²) in [6.07, 6.45) is 11.0. The van der Waals surface area contributed by atoms with Crippen LogP contribution in [0.15, 0.2) is 6.07 Å². The van der Waals surface area contributed by atoms with Gasteiger partial charge in [-0.15, -0.1) is 11.3 Å². The molecule has 3 aliphatic rings. The van der Waals surface area contributed by atoms with E-state index in [1.807, 2.05) is 0 Å². The number of nitrogens with zero attached hydrogens (tertiary/aromatic N) is 3. The Balaban J connectivity index is 1.22. The highest BCUT2D eigenvalue weighted by molar-refractivity contribution is 7.20. The standard InChI is InChI=1S/C23H35N5OS/c1-16-20-15-21(30-23(20)28(26-16)19-5-3-2-4-6-19)22(29)25-17-7-9-18(10-8-17)27-13-11-24-12-14-27/h15,17-19,24H,2-14H2,1H3,(H,25,29)/t17-,18+. The number of piperazine rings is 1. The van der Waals surface area contributed by atoms with Crippen molar-refractivity contribution in [1.82, 2.24) is 25.3 Å². The van der Waals surface area contributed by atoms with E-state index in [-0.39, 0.29) is 5.91 Å². The molecule has 1 amide bonds. The monoisotopic (exact) mass is 429 g/mol. The number of hydrogen-bond acceptors (Lipinski definition) is 5. The number of carbonyl (C=O) groups excluding carboxylic acids is 1. The van der Waals surface area contributed by atoms with Crippen LogP contribution in [0.25, 0.3) is 10.2 Å². The molecule has 6 nitrogen and oxygen atoms in total. The predicted octanol–water partition coefficient (Wildman–Crippen LogP) is 3.86. The molecule has 2 N–H and O–H groups in total. The van der Waals surface area contributed by atoms with Crippen molar-refractivity contribution in [3.05, 3.63) is 16.6 Å². The molecule has 0 bridgehead atoms. The number of aromatic nitrogens is 2. The van der Waals surface area contributed by atoms with Gasteiger partial charge >= 0.3 is 0 Å². The lowest BCUT2D eigenvalue weighted by Gasteiger charge is -2.39. The van der Waals surface area contributed by atoms with Gasteiger partial charge in [0.2, 0.25) is 0 Å². The fourth-order valence-corrected chi connectivity index (χ4v) is 6.78. The number of fused-ring (bicyclic) bond motifs is 1. The summed E-state index contributed by atoms with van der Waals surface area (Å²) in [7, 11) is 0. The molecule has 30 heavy (non-hydrogen) atoms. The molecule has 3 heterocycles. The summed E-state index contributed by atoms with van der Waals surface area (Å²) in [6, 6.07) is 3.60. The van der Waals surface area contributed by atoms with Crippen LogP contribution < -0.4 is 10.6 Å². The molecule has 1 saturated heterocycles. The van der Waals surface area contributed by atoms with E-state index in [0.717, 1.165) is 41.9 Å². The third-order valence-electron chi connectivity index (χ3n) is 7.41. The van der Waals surface area contributed by atoms with E-state index in [1.165, 1.54) is 62.9 Å². The van der Waals surface area contributed by atoms with Crippen LogP contribution in [-0.4, -0.2) is 58.9 Å². The summed E-state index contributed by atoms with van der Waals surface area (Å²) < 4.78 is 2.23. The molecular weight excluding hydrogens is 394 g/mol. The van der Waals surface area contributed by atoms with E-state index in [4.69, 9.17) is 5.10 Å². The van der Waals surface area contributed by atoms with Gasteiger partial charge in [0, 0.05) is 43.6 Å². The molecule has 0 radical (unpaired) electrons. The Morgan fingerprint density at radius 3 is 2.53 bits per heavy atom. The Morgan fingerprint density at radius 2 is 1.80 bits per heavy atom. The van der Waals surface area contributed by atoms with Crippen molar-refractivity contribution in [2.75, 3.05) is 26.2 Å². The third-order valence-corrected chi connectivity index (χ3v) is 8.54. The van der Waals surface area contributed by atoms with Gasteiger partial charge in [-0.25, -0.2) is 0 Å². The van der Waals surface area contributed by atoms with Crippen molar-refractivity contribution < 1.29 is 4.79 Å². The highest BCUT2D eigenvalue weighted by atomic mass is 32.1. The summed E-state index contributed by atoms with van der Waals surface area (Å²) >= 11 is 1.63. The minimum atomic E-state index is 0.108. The zero-order chi connectivity index (χ0) is 20.5. The van der Waals surface area contributed by atoms with E-state index in [1.54, 1.807) is 11.3 Å². The summed E-state index contributed by atoms with van der Waals surface area (Å²) in [6.45, 7) is 6.63. The van der Waals surface area contributed by atoms with Crippen molar-refractivity contribution in [3.8, 4) is 0 Å². The molecule has 2 aromatic rings. The SMILES string of the molecule is Cc1nn(C2CCCCC2)c2sc(C(=O)N[C@H]3CC[C@@H](N4CCNCC4)CC3)cc12. The number of aryl methyl sites for hydroxylation is 1. The van der Waals surface area contributed by atoms with Crippen LogP contribution in [0.2, 0.25) is 0 Å². The number of amides is 1. The van der Waals surface area contributed by atoms with E-state index in [9.17, 15) is 4.79 Å². The molecular formula is C23H35N5OS. The highest BCUT2D eigenvalue weighted by Crippen LogP contribution is 2.35. The molecule has 2 aliphatic carbocycles. The Bertz CT molecular complexity index is 870. The zero-order valence-electron chi connectivity index (χ0n) is 18.2. The largest absolute Gasteiger partial charge is 0.349 e. The third kappa shape index (κ3) is 4.16. The zero-order valence-corrected chi connectivity index (χ0v) is 19.0. The molecule has 7 heteroatoms. The molecule has 3 fully saturated rings. The number of carbonyl (C=O) groups is 1. The molecule has 0 spiro atoms. The maximum absolute atomic E-state index is 13.0. The first-order valence-corrected chi connectivity index (χ1v) is 12.7. The first kappa shape index (κ1) is 20.5. The van der Waals surface area contributed by atoms with Crippen LogP contribution in [0.5, 0.6) is 0 Å². The van der Waals surface area contributed by atoms with E-state index in [2.05, 4.69) is 33.2 Å².